The Bertz CT molecular complexity index is 1080. The van der Waals surface area contributed by atoms with E-state index < -0.39 is 0 Å². The van der Waals surface area contributed by atoms with Gasteiger partial charge in [0.1, 0.15) is 0 Å². The summed E-state index contributed by atoms with van der Waals surface area (Å²) in [5.41, 5.74) is 5.44. The van der Waals surface area contributed by atoms with Gasteiger partial charge in [0.15, 0.2) is 17.5 Å². The minimum absolute atomic E-state index is 0.548. The Morgan fingerprint density at radius 2 is 1.84 bits per heavy atom. The standard InChI is InChI=1S/C25H31N5O2/c1-4-26-25(28-21-11-12-23-24(15-21)32-14-8-13-31-23)27-16-22-18(2)29-30(19(22)3)17-20-9-6-5-7-10-20/h5-7,9-12,15H,4,8,13-14,16-17H2,1-3H3,(H2,26,27,28). The minimum Gasteiger partial charge on any atom is -0.490 e. The van der Waals surface area contributed by atoms with Crippen molar-refractivity contribution in [2.24, 2.45) is 4.99 Å². The van der Waals surface area contributed by atoms with Crippen LogP contribution in [-0.4, -0.2) is 35.5 Å². The Kier molecular flexibility index (Phi) is 6.94. The van der Waals surface area contributed by atoms with Crippen LogP contribution in [0.4, 0.5) is 5.69 Å². The fourth-order valence-electron chi connectivity index (χ4n) is 3.72. The number of rotatable bonds is 6. The second kappa shape index (κ2) is 10.2. The zero-order chi connectivity index (χ0) is 22.3. The third kappa shape index (κ3) is 5.22. The number of aryl methyl sites for hydroxylation is 1. The van der Waals surface area contributed by atoms with E-state index in [1.165, 1.54) is 5.56 Å². The molecule has 3 aromatic rings. The molecule has 0 fully saturated rings. The summed E-state index contributed by atoms with van der Waals surface area (Å²) in [5.74, 6) is 2.26. The van der Waals surface area contributed by atoms with Crippen LogP contribution in [0.1, 0.15) is 35.9 Å². The van der Waals surface area contributed by atoms with Gasteiger partial charge >= 0.3 is 0 Å². The van der Waals surface area contributed by atoms with Gasteiger partial charge in [0.25, 0.3) is 0 Å². The van der Waals surface area contributed by atoms with Crippen molar-refractivity contribution in [3.05, 3.63) is 71.0 Å². The smallest absolute Gasteiger partial charge is 0.196 e. The van der Waals surface area contributed by atoms with Crippen molar-refractivity contribution in [1.82, 2.24) is 15.1 Å². The molecule has 0 saturated heterocycles. The lowest BCUT2D eigenvalue weighted by molar-refractivity contribution is 0.297. The summed E-state index contributed by atoms with van der Waals surface area (Å²) in [5, 5.41) is 11.4. The predicted molar refractivity (Wildman–Crippen MR) is 128 cm³/mol. The number of fused-ring (bicyclic) bond motifs is 1. The number of aromatic nitrogens is 2. The van der Waals surface area contributed by atoms with Crippen molar-refractivity contribution in [1.29, 1.82) is 0 Å². The third-order valence-electron chi connectivity index (χ3n) is 5.46. The average molecular weight is 434 g/mol. The van der Waals surface area contributed by atoms with Gasteiger partial charge in [0, 0.05) is 36.0 Å². The molecular formula is C25H31N5O2. The van der Waals surface area contributed by atoms with Crippen LogP contribution in [0.25, 0.3) is 0 Å². The Labute approximate surface area is 189 Å². The van der Waals surface area contributed by atoms with Gasteiger partial charge in [-0.3, -0.25) is 4.68 Å². The number of nitrogens with zero attached hydrogens (tertiary/aromatic N) is 3. The Balaban J connectivity index is 1.49. The van der Waals surface area contributed by atoms with Crippen molar-refractivity contribution in [2.45, 2.75) is 40.3 Å². The molecule has 2 heterocycles. The maximum atomic E-state index is 5.81. The van der Waals surface area contributed by atoms with Gasteiger partial charge in [-0.25, -0.2) is 4.99 Å². The second-order valence-electron chi connectivity index (χ2n) is 7.82. The van der Waals surface area contributed by atoms with Gasteiger partial charge in [-0.1, -0.05) is 30.3 Å². The van der Waals surface area contributed by atoms with E-state index in [1.807, 2.05) is 31.2 Å². The van der Waals surface area contributed by atoms with E-state index in [-0.39, 0.29) is 0 Å². The molecule has 2 aromatic carbocycles. The lowest BCUT2D eigenvalue weighted by Crippen LogP contribution is -2.30. The maximum absolute atomic E-state index is 5.81. The summed E-state index contributed by atoms with van der Waals surface area (Å²) in [6, 6.07) is 16.3. The van der Waals surface area contributed by atoms with Crippen molar-refractivity contribution < 1.29 is 9.47 Å². The van der Waals surface area contributed by atoms with E-state index in [1.54, 1.807) is 0 Å². The maximum Gasteiger partial charge on any atom is 0.196 e. The van der Waals surface area contributed by atoms with Gasteiger partial charge in [0.2, 0.25) is 0 Å². The highest BCUT2D eigenvalue weighted by Crippen LogP contribution is 2.32. The van der Waals surface area contributed by atoms with Crippen LogP contribution in [0.3, 0.4) is 0 Å². The fourth-order valence-corrected chi connectivity index (χ4v) is 3.72. The number of anilines is 1. The molecule has 2 N–H and O–H groups in total. The predicted octanol–water partition coefficient (Wildman–Crippen LogP) is 4.29. The number of aliphatic imine (C=N–C) groups is 1. The van der Waals surface area contributed by atoms with Gasteiger partial charge < -0.3 is 20.1 Å². The quantitative estimate of drug-likeness (QED) is 0.448. The van der Waals surface area contributed by atoms with Crippen LogP contribution < -0.4 is 20.1 Å². The molecule has 1 aliphatic heterocycles. The number of guanidine groups is 1. The van der Waals surface area contributed by atoms with Crippen molar-refractivity contribution in [3.63, 3.8) is 0 Å². The molecular weight excluding hydrogens is 402 g/mol. The van der Waals surface area contributed by atoms with Crippen LogP contribution in [0.2, 0.25) is 0 Å². The number of benzene rings is 2. The molecule has 32 heavy (non-hydrogen) atoms. The Hall–Kier alpha value is -3.48. The van der Waals surface area contributed by atoms with Crippen LogP contribution >= 0.6 is 0 Å². The van der Waals surface area contributed by atoms with Crippen LogP contribution in [-0.2, 0) is 13.1 Å². The molecule has 0 saturated carbocycles. The molecule has 7 nitrogen and oxygen atoms in total. The van der Waals surface area contributed by atoms with E-state index in [4.69, 9.17) is 19.6 Å². The van der Waals surface area contributed by atoms with E-state index in [0.29, 0.717) is 19.8 Å². The van der Waals surface area contributed by atoms with E-state index in [0.717, 1.165) is 59.6 Å². The molecule has 0 radical (unpaired) electrons. The normalized spacial score (nSPS) is 13.5. The SMILES string of the molecule is CCNC(=NCc1c(C)nn(Cc2ccccc2)c1C)Nc1ccc2c(c1)OCCCO2. The molecule has 0 amide bonds. The zero-order valence-corrected chi connectivity index (χ0v) is 19.0. The zero-order valence-electron chi connectivity index (χ0n) is 19.0. The van der Waals surface area contributed by atoms with Gasteiger partial charge in [-0.15, -0.1) is 0 Å². The molecule has 1 aliphatic rings. The van der Waals surface area contributed by atoms with Crippen molar-refractivity contribution in [3.8, 4) is 11.5 Å². The van der Waals surface area contributed by atoms with Crippen LogP contribution in [0.15, 0.2) is 53.5 Å². The summed E-state index contributed by atoms with van der Waals surface area (Å²) in [7, 11) is 0. The van der Waals surface area contributed by atoms with Crippen molar-refractivity contribution >= 4 is 11.6 Å². The summed E-state index contributed by atoms with van der Waals surface area (Å²) < 4.78 is 13.6. The number of hydrogen-bond donors (Lipinski definition) is 2. The van der Waals surface area contributed by atoms with Crippen LogP contribution in [0, 0.1) is 13.8 Å². The lowest BCUT2D eigenvalue weighted by Gasteiger charge is -2.14. The summed E-state index contributed by atoms with van der Waals surface area (Å²) in [4.78, 5) is 4.82. The highest BCUT2D eigenvalue weighted by molar-refractivity contribution is 5.93. The fraction of sp³-hybridized carbons (Fsp3) is 0.360. The van der Waals surface area contributed by atoms with Crippen LogP contribution in [0.5, 0.6) is 11.5 Å². The monoisotopic (exact) mass is 433 g/mol. The van der Waals surface area contributed by atoms with Gasteiger partial charge in [-0.2, -0.15) is 5.10 Å². The number of nitrogens with one attached hydrogen (secondary N) is 2. The summed E-state index contributed by atoms with van der Waals surface area (Å²) in [6.07, 6.45) is 0.887. The highest BCUT2D eigenvalue weighted by atomic mass is 16.5. The second-order valence-corrected chi connectivity index (χ2v) is 7.82. The molecule has 0 unspecified atom stereocenters. The highest BCUT2D eigenvalue weighted by Gasteiger charge is 2.13. The third-order valence-corrected chi connectivity index (χ3v) is 5.46. The lowest BCUT2D eigenvalue weighted by atomic mass is 10.2. The molecule has 0 spiro atoms. The number of hydrogen-bond acceptors (Lipinski definition) is 4. The summed E-state index contributed by atoms with van der Waals surface area (Å²) >= 11 is 0. The molecule has 168 valence electrons. The minimum atomic E-state index is 0.548. The molecule has 1 aromatic heterocycles. The molecule has 4 rings (SSSR count). The van der Waals surface area contributed by atoms with E-state index >= 15 is 0 Å². The molecule has 7 heteroatoms. The number of ether oxygens (including phenoxy) is 2. The first-order valence-electron chi connectivity index (χ1n) is 11.2. The largest absolute Gasteiger partial charge is 0.490 e. The van der Waals surface area contributed by atoms with E-state index in [2.05, 4.69) is 53.4 Å². The first-order valence-corrected chi connectivity index (χ1v) is 11.2. The average Bonchev–Trinajstić information content (AvgIpc) is 2.95. The van der Waals surface area contributed by atoms with Crippen molar-refractivity contribution in [2.75, 3.05) is 25.1 Å². The first-order chi connectivity index (χ1) is 15.6. The molecule has 0 aliphatic carbocycles. The van der Waals surface area contributed by atoms with E-state index in [9.17, 15) is 0 Å². The Morgan fingerprint density at radius 1 is 1.06 bits per heavy atom. The molecule has 0 atom stereocenters. The van der Waals surface area contributed by atoms with Gasteiger partial charge in [0.05, 0.1) is 32.0 Å². The van der Waals surface area contributed by atoms with Gasteiger partial charge in [-0.05, 0) is 38.5 Å². The summed E-state index contributed by atoms with van der Waals surface area (Å²) in [6.45, 7) is 9.62. The first kappa shape index (κ1) is 21.7. The molecule has 0 bridgehead atoms. The Morgan fingerprint density at radius 3 is 2.62 bits per heavy atom. The topological polar surface area (TPSA) is 72.7 Å².